The molecule has 0 saturated heterocycles. The molecule has 0 spiro atoms. The minimum absolute atomic E-state index is 0.0481. The van der Waals surface area contributed by atoms with Gasteiger partial charge in [-0.3, -0.25) is 4.79 Å². The van der Waals surface area contributed by atoms with E-state index in [1.54, 1.807) is 19.1 Å². The molecule has 0 unspecified atom stereocenters. The van der Waals surface area contributed by atoms with E-state index in [2.05, 4.69) is 0 Å². The normalized spacial score (nSPS) is 10.3. The molecule has 0 atom stereocenters. The van der Waals surface area contributed by atoms with E-state index in [0.717, 1.165) is 0 Å². The minimum Gasteiger partial charge on any atom is -0.507 e. The van der Waals surface area contributed by atoms with Crippen LogP contribution < -0.4 is 0 Å². The van der Waals surface area contributed by atoms with Gasteiger partial charge in [-0.05, 0) is 18.1 Å². The maximum absolute atomic E-state index is 10.6. The van der Waals surface area contributed by atoms with Gasteiger partial charge in [0.15, 0.2) is 0 Å². The van der Waals surface area contributed by atoms with Crippen molar-refractivity contribution in [1.29, 1.82) is 0 Å². The number of ether oxygens (including phenoxy) is 1. The van der Waals surface area contributed by atoms with Crippen molar-refractivity contribution in [1.82, 2.24) is 0 Å². The molecule has 0 aliphatic carbocycles. The zero-order valence-corrected chi connectivity index (χ0v) is 8.78. The minimum atomic E-state index is -0.965. The molecule has 2 N–H and O–H groups in total. The molecule has 15 heavy (non-hydrogen) atoms. The maximum Gasteiger partial charge on any atom is 0.307 e. The van der Waals surface area contributed by atoms with Crippen LogP contribution in [0, 0.1) is 6.92 Å². The van der Waals surface area contributed by atoms with Crippen molar-refractivity contribution in [2.24, 2.45) is 0 Å². The number of carbonyl (C=O) groups is 1. The standard InChI is InChI=1S/C11H14O4/c1-7-3-4-8(6-15-2)9(11(7)14)5-10(12)13/h3-4,14H,5-6H2,1-2H3,(H,12,13). The molecule has 0 aliphatic rings. The highest BCUT2D eigenvalue weighted by Gasteiger charge is 2.13. The summed E-state index contributed by atoms with van der Waals surface area (Å²) >= 11 is 0. The average molecular weight is 210 g/mol. The van der Waals surface area contributed by atoms with Gasteiger partial charge in [-0.15, -0.1) is 0 Å². The number of carboxylic acids is 1. The second-order valence-electron chi connectivity index (χ2n) is 3.37. The van der Waals surface area contributed by atoms with Crippen molar-refractivity contribution in [3.8, 4) is 5.75 Å². The predicted molar refractivity (Wildman–Crippen MR) is 54.9 cm³/mol. The van der Waals surface area contributed by atoms with Crippen LogP contribution in [0.25, 0.3) is 0 Å². The van der Waals surface area contributed by atoms with Crippen LogP contribution in [0.15, 0.2) is 12.1 Å². The lowest BCUT2D eigenvalue weighted by Gasteiger charge is -2.11. The average Bonchev–Trinajstić information content (AvgIpc) is 2.17. The summed E-state index contributed by atoms with van der Waals surface area (Å²) in [5, 5.41) is 18.5. The number of rotatable bonds is 4. The highest BCUT2D eigenvalue weighted by Crippen LogP contribution is 2.26. The summed E-state index contributed by atoms with van der Waals surface area (Å²) in [5.74, 6) is -0.916. The van der Waals surface area contributed by atoms with E-state index in [4.69, 9.17) is 9.84 Å². The summed E-state index contributed by atoms with van der Waals surface area (Å²) in [5.41, 5.74) is 1.82. The Balaban J connectivity index is 3.15. The van der Waals surface area contributed by atoms with E-state index in [1.165, 1.54) is 7.11 Å². The third kappa shape index (κ3) is 2.70. The highest BCUT2D eigenvalue weighted by atomic mass is 16.5. The van der Waals surface area contributed by atoms with Gasteiger partial charge in [0.25, 0.3) is 0 Å². The molecule has 1 rings (SSSR count). The van der Waals surface area contributed by atoms with Crippen LogP contribution >= 0.6 is 0 Å². The molecule has 0 amide bonds. The first-order valence-electron chi connectivity index (χ1n) is 4.57. The predicted octanol–water partition coefficient (Wildman–Crippen LogP) is 1.47. The molecule has 82 valence electrons. The molecular formula is C11H14O4. The molecule has 0 bridgehead atoms. The molecule has 0 heterocycles. The molecule has 4 nitrogen and oxygen atoms in total. The number of aromatic hydroxyl groups is 1. The number of aryl methyl sites for hydroxylation is 1. The topological polar surface area (TPSA) is 66.8 Å². The fourth-order valence-corrected chi connectivity index (χ4v) is 1.43. The molecule has 1 aromatic carbocycles. The van der Waals surface area contributed by atoms with Crippen LogP contribution in [0.2, 0.25) is 0 Å². The van der Waals surface area contributed by atoms with Crippen molar-refractivity contribution in [2.75, 3.05) is 7.11 Å². The Labute approximate surface area is 88.1 Å². The summed E-state index contributed by atoms with van der Waals surface area (Å²) < 4.78 is 4.94. The lowest BCUT2D eigenvalue weighted by molar-refractivity contribution is -0.136. The molecule has 0 aliphatic heterocycles. The number of aliphatic carboxylic acids is 1. The summed E-state index contributed by atoms with van der Waals surface area (Å²) in [6.07, 6.45) is -0.188. The second-order valence-corrected chi connectivity index (χ2v) is 3.37. The van der Waals surface area contributed by atoms with E-state index in [1.807, 2.05) is 0 Å². The van der Waals surface area contributed by atoms with Crippen molar-refractivity contribution < 1.29 is 19.7 Å². The monoisotopic (exact) mass is 210 g/mol. The van der Waals surface area contributed by atoms with E-state index in [0.29, 0.717) is 23.3 Å². The fourth-order valence-electron chi connectivity index (χ4n) is 1.43. The summed E-state index contributed by atoms with van der Waals surface area (Å²) in [6.45, 7) is 2.04. The number of phenols is 1. The molecule has 0 fully saturated rings. The van der Waals surface area contributed by atoms with Crippen LogP contribution in [0.5, 0.6) is 5.75 Å². The van der Waals surface area contributed by atoms with Crippen LogP contribution in [0.1, 0.15) is 16.7 Å². The molecule has 1 aromatic rings. The van der Waals surface area contributed by atoms with Crippen LogP contribution in [0.4, 0.5) is 0 Å². The first-order chi connectivity index (χ1) is 7.06. The largest absolute Gasteiger partial charge is 0.507 e. The molecule has 0 saturated carbocycles. The van der Waals surface area contributed by atoms with Gasteiger partial charge in [0.1, 0.15) is 5.75 Å². The zero-order chi connectivity index (χ0) is 11.4. The summed E-state index contributed by atoms with van der Waals surface area (Å²) in [4.78, 5) is 10.6. The fraction of sp³-hybridized carbons (Fsp3) is 0.364. The number of phenolic OH excluding ortho intramolecular Hbond substituents is 1. The number of carboxylic acid groups (broad SMARTS) is 1. The smallest absolute Gasteiger partial charge is 0.307 e. The van der Waals surface area contributed by atoms with Crippen molar-refractivity contribution in [3.05, 3.63) is 28.8 Å². The SMILES string of the molecule is COCc1ccc(C)c(O)c1CC(=O)O. The van der Waals surface area contributed by atoms with Gasteiger partial charge in [0.05, 0.1) is 13.0 Å². The lowest BCUT2D eigenvalue weighted by atomic mass is 10.0. The number of benzene rings is 1. The molecule has 4 heteroatoms. The second kappa shape index (κ2) is 4.79. The van der Waals surface area contributed by atoms with E-state index < -0.39 is 5.97 Å². The van der Waals surface area contributed by atoms with Gasteiger partial charge < -0.3 is 14.9 Å². The third-order valence-electron chi connectivity index (χ3n) is 2.21. The molecular weight excluding hydrogens is 196 g/mol. The quantitative estimate of drug-likeness (QED) is 0.789. The van der Waals surface area contributed by atoms with Crippen molar-refractivity contribution in [2.45, 2.75) is 20.0 Å². The number of hydrogen-bond acceptors (Lipinski definition) is 3. The highest BCUT2D eigenvalue weighted by molar-refractivity contribution is 5.72. The van der Waals surface area contributed by atoms with E-state index >= 15 is 0 Å². The lowest BCUT2D eigenvalue weighted by Crippen LogP contribution is -2.05. The summed E-state index contributed by atoms with van der Waals surface area (Å²) in [6, 6.07) is 3.52. The van der Waals surface area contributed by atoms with Gasteiger partial charge >= 0.3 is 5.97 Å². The van der Waals surface area contributed by atoms with Gasteiger partial charge in [-0.1, -0.05) is 12.1 Å². The Morgan fingerprint density at radius 2 is 2.13 bits per heavy atom. The Kier molecular flexibility index (Phi) is 3.68. The Morgan fingerprint density at radius 1 is 1.47 bits per heavy atom. The van der Waals surface area contributed by atoms with Crippen molar-refractivity contribution >= 4 is 5.97 Å². The molecule has 0 aromatic heterocycles. The van der Waals surface area contributed by atoms with Gasteiger partial charge in [0.2, 0.25) is 0 Å². The van der Waals surface area contributed by atoms with Crippen LogP contribution in [-0.2, 0) is 22.6 Å². The van der Waals surface area contributed by atoms with Gasteiger partial charge in [-0.25, -0.2) is 0 Å². The van der Waals surface area contributed by atoms with E-state index in [-0.39, 0.29) is 12.2 Å². The van der Waals surface area contributed by atoms with E-state index in [9.17, 15) is 9.90 Å². The van der Waals surface area contributed by atoms with Crippen molar-refractivity contribution in [3.63, 3.8) is 0 Å². The first kappa shape index (κ1) is 11.5. The Hall–Kier alpha value is -1.55. The third-order valence-corrected chi connectivity index (χ3v) is 2.21. The van der Waals surface area contributed by atoms with Gasteiger partial charge in [0, 0.05) is 12.7 Å². The van der Waals surface area contributed by atoms with Crippen LogP contribution in [-0.4, -0.2) is 23.3 Å². The zero-order valence-electron chi connectivity index (χ0n) is 8.78. The Bertz CT molecular complexity index is 371. The van der Waals surface area contributed by atoms with Crippen LogP contribution in [0.3, 0.4) is 0 Å². The number of hydrogen-bond donors (Lipinski definition) is 2. The Morgan fingerprint density at radius 3 is 2.67 bits per heavy atom. The molecule has 0 radical (unpaired) electrons. The van der Waals surface area contributed by atoms with Gasteiger partial charge in [-0.2, -0.15) is 0 Å². The number of methoxy groups -OCH3 is 1. The summed E-state index contributed by atoms with van der Waals surface area (Å²) in [7, 11) is 1.53. The maximum atomic E-state index is 10.6. The first-order valence-corrected chi connectivity index (χ1v) is 4.57.